The molecule has 2 aliphatic rings. The van der Waals surface area contributed by atoms with Crippen molar-refractivity contribution in [3.8, 4) is 5.75 Å². The third-order valence-corrected chi connectivity index (χ3v) is 3.86. The van der Waals surface area contributed by atoms with Crippen LogP contribution >= 0.6 is 12.4 Å². The van der Waals surface area contributed by atoms with Crippen LogP contribution in [0.15, 0.2) is 18.2 Å². The van der Waals surface area contributed by atoms with Crippen LogP contribution < -0.4 is 15.4 Å². The van der Waals surface area contributed by atoms with Gasteiger partial charge in [-0.05, 0) is 38.1 Å². The third kappa shape index (κ3) is 1.68. The number of benzene rings is 1. The van der Waals surface area contributed by atoms with Crippen molar-refractivity contribution in [2.45, 2.75) is 18.3 Å². The van der Waals surface area contributed by atoms with Gasteiger partial charge in [0.1, 0.15) is 5.75 Å². The second-order valence-electron chi connectivity index (χ2n) is 4.67. The first-order chi connectivity index (χ1) is 8.28. The van der Waals surface area contributed by atoms with Gasteiger partial charge in [0.25, 0.3) is 0 Å². The van der Waals surface area contributed by atoms with Gasteiger partial charge < -0.3 is 15.4 Å². The van der Waals surface area contributed by atoms with Crippen molar-refractivity contribution in [1.29, 1.82) is 0 Å². The molecule has 1 aromatic carbocycles. The first-order valence-corrected chi connectivity index (χ1v) is 5.97. The van der Waals surface area contributed by atoms with E-state index in [1.54, 1.807) is 7.11 Å². The number of halogens is 1. The largest absolute Gasteiger partial charge is 0.496 e. The average molecular weight is 269 g/mol. The van der Waals surface area contributed by atoms with E-state index < -0.39 is 0 Å². The summed E-state index contributed by atoms with van der Waals surface area (Å²) >= 11 is 0. The Morgan fingerprint density at radius 2 is 2.00 bits per heavy atom. The smallest absolute Gasteiger partial charge is 0.235 e. The van der Waals surface area contributed by atoms with Gasteiger partial charge in [-0.3, -0.25) is 4.79 Å². The predicted molar refractivity (Wildman–Crippen MR) is 72.7 cm³/mol. The molecule has 98 valence electrons. The fourth-order valence-electron chi connectivity index (χ4n) is 2.99. The Kier molecular flexibility index (Phi) is 3.50. The van der Waals surface area contributed by atoms with E-state index in [4.69, 9.17) is 4.74 Å². The summed E-state index contributed by atoms with van der Waals surface area (Å²) in [6.45, 7) is 1.76. The molecule has 0 aliphatic carbocycles. The highest BCUT2D eigenvalue weighted by Gasteiger charge is 2.48. The van der Waals surface area contributed by atoms with E-state index in [0.29, 0.717) is 0 Å². The third-order valence-electron chi connectivity index (χ3n) is 3.86. The standard InChI is InChI=1S/C13H16N2O2.ClH/c1-17-10-4-2-3-9-11(10)13(12(16)15-9)5-7-14-8-6-13;/h2-4,14H,5-8H2,1H3,(H,15,16);1H. The lowest BCUT2D eigenvalue weighted by molar-refractivity contribution is -0.121. The predicted octanol–water partition coefficient (Wildman–Crippen LogP) is 1.69. The van der Waals surface area contributed by atoms with Crippen molar-refractivity contribution in [3.63, 3.8) is 0 Å². The minimum Gasteiger partial charge on any atom is -0.496 e. The van der Waals surface area contributed by atoms with Crippen molar-refractivity contribution in [2.75, 3.05) is 25.5 Å². The normalized spacial score (nSPS) is 19.9. The first-order valence-electron chi connectivity index (χ1n) is 5.97. The number of piperidine rings is 1. The van der Waals surface area contributed by atoms with Gasteiger partial charge in [-0.25, -0.2) is 0 Å². The maximum Gasteiger partial charge on any atom is 0.235 e. The lowest BCUT2D eigenvalue weighted by Gasteiger charge is -2.32. The van der Waals surface area contributed by atoms with Crippen LogP contribution in [-0.4, -0.2) is 26.1 Å². The van der Waals surface area contributed by atoms with E-state index in [1.807, 2.05) is 18.2 Å². The molecule has 1 amide bonds. The van der Waals surface area contributed by atoms with Crippen molar-refractivity contribution in [3.05, 3.63) is 23.8 Å². The molecule has 1 fully saturated rings. The molecular weight excluding hydrogens is 252 g/mol. The van der Waals surface area contributed by atoms with Crippen LogP contribution in [-0.2, 0) is 10.2 Å². The van der Waals surface area contributed by atoms with E-state index >= 15 is 0 Å². The number of amides is 1. The Labute approximate surface area is 113 Å². The summed E-state index contributed by atoms with van der Waals surface area (Å²) in [5.41, 5.74) is 1.58. The summed E-state index contributed by atoms with van der Waals surface area (Å²) in [5.74, 6) is 0.946. The van der Waals surface area contributed by atoms with Crippen LogP contribution in [0.5, 0.6) is 5.75 Å². The molecule has 2 N–H and O–H groups in total. The molecule has 0 unspecified atom stereocenters. The zero-order chi connectivity index (χ0) is 11.9. The number of fused-ring (bicyclic) bond motifs is 2. The molecule has 1 saturated heterocycles. The van der Waals surface area contributed by atoms with Crippen LogP contribution in [0.2, 0.25) is 0 Å². The molecule has 0 aromatic heterocycles. The van der Waals surface area contributed by atoms with E-state index in [0.717, 1.165) is 42.9 Å². The molecule has 0 bridgehead atoms. The first kappa shape index (κ1) is 13.2. The Bertz CT molecular complexity index is 470. The van der Waals surface area contributed by atoms with E-state index in [9.17, 15) is 4.79 Å². The number of anilines is 1. The summed E-state index contributed by atoms with van der Waals surface area (Å²) in [5, 5.41) is 6.29. The minimum atomic E-state index is -0.382. The number of carbonyl (C=O) groups excluding carboxylic acids is 1. The quantitative estimate of drug-likeness (QED) is 0.815. The maximum atomic E-state index is 12.3. The van der Waals surface area contributed by atoms with Crippen LogP contribution in [0.1, 0.15) is 18.4 Å². The number of ether oxygens (including phenoxy) is 1. The van der Waals surface area contributed by atoms with Gasteiger partial charge in [0.05, 0.1) is 12.5 Å². The van der Waals surface area contributed by atoms with Gasteiger partial charge in [-0.15, -0.1) is 12.4 Å². The van der Waals surface area contributed by atoms with Crippen LogP contribution in [0, 0.1) is 0 Å². The summed E-state index contributed by atoms with van der Waals surface area (Å²) in [6.07, 6.45) is 1.68. The number of nitrogens with one attached hydrogen (secondary N) is 2. The fraction of sp³-hybridized carbons (Fsp3) is 0.462. The molecule has 5 heteroatoms. The number of rotatable bonds is 1. The van der Waals surface area contributed by atoms with Gasteiger partial charge >= 0.3 is 0 Å². The highest BCUT2D eigenvalue weighted by atomic mass is 35.5. The van der Waals surface area contributed by atoms with Gasteiger partial charge in [0, 0.05) is 11.3 Å². The molecule has 2 heterocycles. The zero-order valence-electron chi connectivity index (χ0n) is 10.3. The summed E-state index contributed by atoms with van der Waals surface area (Å²) in [4.78, 5) is 12.3. The lowest BCUT2D eigenvalue weighted by atomic mass is 9.74. The summed E-state index contributed by atoms with van der Waals surface area (Å²) < 4.78 is 5.42. The molecule has 3 rings (SSSR count). The molecule has 0 saturated carbocycles. The second-order valence-corrected chi connectivity index (χ2v) is 4.67. The molecule has 2 aliphatic heterocycles. The zero-order valence-corrected chi connectivity index (χ0v) is 11.1. The molecule has 0 atom stereocenters. The Morgan fingerprint density at radius 1 is 1.28 bits per heavy atom. The van der Waals surface area contributed by atoms with Crippen LogP contribution in [0.4, 0.5) is 5.69 Å². The van der Waals surface area contributed by atoms with Crippen molar-refractivity contribution >= 4 is 24.0 Å². The van der Waals surface area contributed by atoms with E-state index in [-0.39, 0.29) is 23.7 Å². The molecule has 4 nitrogen and oxygen atoms in total. The highest BCUT2D eigenvalue weighted by molar-refractivity contribution is 6.07. The Hall–Kier alpha value is -1.26. The van der Waals surface area contributed by atoms with Crippen molar-refractivity contribution in [1.82, 2.24) is 5.32 Å². The number of hydrogen-bond donors (Lipinski definition) is 2. The molecule has 1 spiro atoms. The van der Waals surface area contributed by atoms with Crippen LogP contribution in [0.25, 0.3) is 0 Å². The number of hydrogen-bond acceptors (Lipinski definition) is 3. The lowest BCUT2D eigenvalue weighted by Crippen LogP contribution is -2.44. The monoisotopic (exact) mass is 268 g/mol. The average Bonchev–Trinajstić information content (AvgIpc) is 2.64. The summed E-state index contributed by atoms with van der Waals surface area (Å²) in [6, 6.07) is 5.80. The van der Waals surface area contributed by atoms with Gasteiger partial charge in [0.2, 0.25) is 5.91 Å². The number of carbonyl (C=O) groups is 1. The van der Waals surface area contributed by atoms with Gasteiger partial charge in [-0.2, -0.15) is 0 Å². The SMILES string of the molecule is COc1cccc2c1C1(CCNCC1)C(=O)N2.Cl. The molecule has 18 heavy (non-hydrogen) atoms. The second kappa shape index (κ2) is 4.78. The minimum absolute atomic E-state index is 0. The summed E-state index contributed by atoms with van der Waals surface area (Å²) in [7, 11) is 1.66. The van der Waals surface area contributed by atoms with Crippen LogP contribution in [0.3, 0.4) is 0 Å². The highest BCUT2D eigenvalue weighted by Crippen LogP contribution is 2.48. The van der Waals surface area contributed by atoms with Gasteiger partial charge in [-0.1, -0.05) is 6.07 Å². The number of methoxy groups -OCH3 is 1. The maximum absolute atomic E-state index is 12.3. The molecule has 0 radical (unpaired) electrons. The Morgan fingerprint density at radius 3 is 2.67 bits per heavy atom. The van der Waals surface area contributed by atoms with E-state index in [1.165, 1.54) is 0 Å². The van der Waals surface area contributed by atoms with Crippen molar-refractivity contribution in [2.24, 2.45) is 0 Å². The fourth-order valence-corrected chi connectivity index (χ4v) is 2.99. The topological polar surface area (TPSA) is 50.4 Å². The Balaban J connectivity index is 0.00000120. The van der Waals surface area contributed by atoms with E-state index in [2.05, 4.69) is 10.6 Å². The van der Waals surface area contributed by atoms with Crippen molar-refractivity contribution < 1.29 is 9.53 Å². The van der Waals surface area contributed by atoms with Gasteiger partial charge in [0.15, 0.2) is 0 Å². The molecular formula is C13H17ClN2O2. The molecule has 1 aromatic rings.